The summed E-state index contributed by atoms with van der Waals surface area (Å²) in [5.74, 6) is 0.553. The third kappa shape index (κ3) is 3.52. The maximum Gasteiger partial charge on any atom is 0.258 e. The molecule has 2 aromatic carbocycles. The molecule has 0 aliphatic heterocycles. The van der Waals surface area contributed by atoms with E-state index in [1.807, 2.05) is 81.4 Å². The molecule has 0 unspecified atom stereocenters. The van der Waals surface area contributed by atoms with Crippen LogP contribution in [-0.4, -0.2) is 35.0 Å². The summed E-state index contributed by atoms with van der Waals surface area (Å²) in [5.41, 5.74) is 2.36. The van der Waals surface area contributed by atoms with Crippen molar-refractivity contribution in [3.05, 3.63) is 60.4 Å². The number of fused-ring (bicyclic) bond motifs is 1. The minimum atomic E-state index is -0.0274. The average Bonchev–Trinajstić information content (AvgIpc) is 2.66. The van der Waals surface area contributed by atoms with Gasteiger partial charge in [0.1, 0.15) is 5.75 Å². The molecular formula is C23H26N2O2. The molecule has 1 aromatic heterocycles. The van der Waals surface area contributed by atoms with E-state index < -0.39 is 0 Å². The quantitative estimate of drug-likeness (QED) is 0.629. The summed E-state index contributed by atoms with van der Waals surface area (Å²) in [6, 6.07) is 14.0. The van der Waals surface area contributed by atoms with E-state index in [9.17, 15) is 4.79 Å². The molecule has 0 fully saturated rings. The molecule has 1 amide bonds. The van der Waals surface area contributed by atoms with Gasteiger partial charge >= 0.3 is 0 Å². The summed E-state index contributed by atoms with van der Waals surface area (Å²) < 4.78 is 5.58. The predicted molar refractivity (Wildman–Crippen MR) is 110 cm³/mol. The van der Waals surface area contributed by atoms with Crippen LogP contribution in [0.1, 0.15) is 38.1 Å². The molecule has 27 heavy (non-hydrogen) atoms. The number of carbonyl (C=O) groups is 1. The summed E-state index contributed by atoms with van der Waals surface area (Å²) in [6.45, 7) is 8.14. The molecule has 0 aliphatic rings. The molecular weight excluding hydrogens is 336 g/mol. The second-order valence-corrected chi connectivity index (χ2v) is 7.19. The number of ether oxygens (including phenoxy) is 1. The van der Waals surface area contributed by atoms with Crippen molar-refractivity contribution in [2.24, 2.45) is 0 Å². The summed E-state index contributed by atoms with van der Waals surface area (Å²) in [6.07, 6.45) is 3.66. The fourth-order valence-electron chi connectivity index (χ4n) is 3.67. The van der Waals surface area contributed by atoms with Crippen LogP contribution in [0.4, 0.5) is 0 Å². The first-order valence-corrected chi connectivity index (χ1v) is 9.28. The van der Waals surface area contributed by atoms with Gasteiger partial charge in [0.15, 0.2) is 0 Å². The topological polar surface area (TPSA) is 42.4 Å². The number of rotatable bonds is 5. The van der Waals surface area contributed by atoms with E-state index in [-0.39, 0.29) is 18.0 Å². The van der Waals surface area contributed by atoms with Crippen LogP contribution in [0, 0.1) is 0 Å². The molecule has 4 heteroatoms. The van der Waals surface area contributed by atoms with Gasteiger partial charge < -0.3 is 9.64 Å². The van der Waals surface area contributed by atoms with E-state index in [2.05, 4.69) is 11.1 Å². The maximum atomic E-state index is 13.6. The number of amides is 1. The Morgan fingerprint density at radius 1 is 0.926 bits per heavy atom. The third-order valence-corrected chi connectivity index (χ3v) is 4.77. The van der Waals surface area contributed by atoms with Crippen LogP contribution >= 0.6 is 0 Å². The highest BCUT2D eigenvalue weighted by Gasteiger charge is 2.27. The van der Waals surface area contributed by atoms with Crippen molar-refractivity contribution in [2.45, 2.75) is 39.8 Å². The Hall–Kier alpha value is -2.88. The summed E-state index contributed by atoms with van der Waals surface area (Å²) in [5, 5.41) is 2.11. The van der Waals surface area contributed by atoms with Crippen molar-refractivity contribution in [1.82, 2.24) is 9.88 Å². The van der Waals surface area contributed by atoms with E-state index in [1.165, 1.54) is 0 Å². The molecule has 0 aliphatic carbocycles. The van der Waals surface area contributed by atoms with E-state index in [0.29, 0.717) is 11.3 Å². The second-order valence-electron chi connectivity index (χ2n) is 7.19. The number of methoxy groups -OCH3 is 1. The van der Waals surface area contributed by atoms with Gasteiger partial charge in [-0.15, -0.1) is 0 Å². The van der Waals surface area contributed by atoms with E-state index in [1.54, 1.807) is 7.11 Å². The molecule has 140 valence electrons. The number of hydrogen-bond donors (Lipinski definition) is 0. The number of hydrogen-bond acceptors (Lipinski definition) is 3. The second kappa shape index (κ2) is 7.78. The first kappa shape index (κ1) is 18.9. The Bertz CT molecular complexity index is 950. The zero-order valence-electron chi connectivity index (χ0n) is 16.6. The number of aromatic nitrogens is 1. The zero-order chi connectivity index (χ0) is 19.6. The van der Waals surface area contributed by atoms with E-state index in [4.69, 9.17) is 4.74 Å². The van der Waals surface area contributed by atoms with E-state index >= 15 is 0 Å². The average molecular weight is 362 g/mol. The van der Waals surface area contributed by atoms with Crippen molar-refractivity contribution >= 4 is 16.7 Å². The fourth-order valence-corrected chi connectivity index (χ4v) is 3.67. The molecule has 0 spiro atoms. The van der Waals surface area contributed by atoms with Crippen LogP contribution in [0.2, 0.25) is 0 Å². The lowest BCUT2D eigenvalue weighted by atomic mass is 9.94. The first-order valence-electron chi connectivity index (χ1n) is 9.28. The smallest absolute Gasteiger partial charge is 0.258 e. The normalized spacial score (nSPS) is 11.2. The van der Waals surface area contributed by atoms with Crippen LogP contribution < -0.4 is 4.74 Å². The molecule has 0 saturated heterocycles. The monoisotopic (exact) mass is 362 g/mol. The first-order chi connectivity index (χ1) is 13.0. The maximum absolute atomic E-state index is 13.6. The van der Waals surface area contributed by atoms with E-state index in [0.717, 1.165) is 21.9 Å². The van der Waals surface area contributed by atoms with Gasteiger partial charge in [-0.05, 0) is 39.1 Å². The lowest BCUT2D eigenvalue weighted by Crippen LogP contribution is -2.42. The highest BCUT2D eigenvalue weighted by molar-refractivity contribution is 6.07. The zero-order valence-corrected chi connectivity index (χ0v) is 16.6. The summed E-state index contributed by atoms with van der Waals surface area (Å²) in [7, 11) is 1.60. The van der Waals surface area contributed by atoms with Gasteiger partial charge in [0.2, 0.25) is 0 Å². The molecule has 0 saturated carbocycles. The predicted octanol–water partition coefficient (Wildman–Crippen LogP) is 5.17. The Morgan fingerprint density at radius 2 is 1.63 bits per heavy atom. The van der Waals surface area contributed by atoms with Gasteiger partial charge in [0.25, 0.3) is 5.91 Å². The van der Waals surface area contributed by atoms with Crippen LogP contribution in [0.3, 0.4) is 0 Å². The lowest BCUT2D eigenvalue weighted by Gasteiger charge is -2.32. The highest BCUT2D eigenvalue weighted by Crippen LogP contribution is 2.36. The van der Waals surface area contributed by atoms with Gasteiger partial charge in [-0.3, -0.25) is 9.78 Å². The van der Waals surface area contributed by atoms with Crippen molar-refractivity contribution < 1.29 is 9.53 Å². The largest absolute Gasteiger partial charge is 0.496 e. The SMILES string of the molecule is COc1cccc(-c2cncc3ccccc23)c1C(=O)N(C(C)C)C(C)C. The summed E-state index contributed by atoms with van der Waals surface area (Å²) in [4.78, 5) is 19.8. The number of benzene rings is 2. The summed E-state index contributed by atoms with van der Waals surface area (Å²) >= 11 is 0. The number of pyridine rings is 1. The van der Waals surface area contributed by atoms with Crippen molar-refractivity contribution in [1.29, 1.82) is 0 Å². The van der Waals surface area contributed by atoms with Crippen LogP contribution in [0.25, 0.3) is 21.9 Å². The Labute approximate surface area is 160 Å². The molecule has 4 nitrogen and oxygen atoms in total. The van der Waals surface area contributed by atoms with Gasteiger partial charge in [-0.2, -0.15) is 0 Å². The van der Waals surface area contributed by atoms with Gasteiger partial charge in [0, 0.05) is 41.0 Å². The van der Waals surface area contributed by atoms with Gasteiger partial charge in [-0.1, -0.05) is 36.4 Å². The fraction of sp³-hybridized carbons (Fsp3) is 0.304. The minimum Gasteiger partial charge on any atom is -0.496 e. The molecule has 0 radical (unpaired) electrons. The molecule has 1 heterocycles. The Balaban J connectivity index is 2.28. The van der Waals surface area contributed by atoms with Crippen LogP contribution in [-0.2, 0) is 0 Å². The Kier molecular flexibility index (Phi) is 5.45. The molecule has 3 rings (SSSR count). The van der Waals surface area contributed by atoms with Crippen LogP contribution in [0.5, 0.6) is 5.75 Å². The molecule has 0 N–H and O–H groups in total. The van der Waals surface area contributed by atoms with Crippen molar-refractivity contribution in [2.75, 3.05) is 7.11 Å². The van der Waals surface area contributed by atoms with Crippen molar-refractivity contribution in [3.8, 4) is 16.9 Å². The third-order valence-electron chi connectivity index (χ3n) is 4.77. The van der Waals surface area contributed by atoms with Gasteiger partial charge in [0.05, 0.1) is 12.7 Å². The Morgan fingerprint density at radius 3 is 2.30 bits per heavy atom. The van der Waals surface area contributed by atoms with Crippen molar-refractivity contribution in [3.63, 3.8) is 0 Å². The standard InChI is InChI=1S/C23H26N2O2/c1-15(2)25(16(3)4)23(26)22-19(11-8-12-21(22)27-5)20-14-24-13-17-9-6-7-10-18(17)20/h6-16H,1-5H3. The molecule has 0 bridgehead atoms. The molecule has 0 atom stereocenters. The minimum absolute atomic E-state index is 0.0274. The van der Waals surface area contributed by atoms with Gasteiger partial charge in [-0.25, -0.2) is 0 Å². The number of carbonyl (C=O) groups excluding carboxylic acids is 1. The number of nitrogens with zero attached hydrogens (tertiary/aromatic N) is 2. The molecule has 3 aromatic rings. The van der Waals surface area contributed by atoms with Crippen LogP contribution in [0.15, 0.2) is 54.9 Å². The highest BCUT2D eigenvalue weighted by atomic mass is 16.5. The lowest BCUT2D eigenvalue weighted by molar-refractivity contribution is 0.0641.